The fourth-order valence-corrected chi connectivity index (χ4v) is 2.48. The van der Waals surface area contributed by atoms with Crippen LogP contribution in [0.1, 0.15) is 43.4 Å². The molecular weight excluding hydrogens is 267 g/mol. The predicted octanol–water partition coefficient (Wildman–Crippen LogP) is 3.93. The molecule has 0 spiro atoms. The highest BCUT2D eigenvalue weighted by Crippen LogP contribution is 2.30. The van der Waals surface area contributed by atoms with Crippen molar-refractivity contribution < 1.29 is 17.9 Å². The molecule has 0 saturated carbocycles. The first-order chi connectivity index (χ1) is 9.47. The van der Waals surface area contributed by atoms with Crippen molar-refractivity contribution in [3.05, 3.63) is 35.4 Å². The minimum absolute atomic E-state index is 0.0420. The Labute approximate surface area is 117 Å². The molecule has 1 N–H and O–H groups in total. The van der Waals surface area contributed by atoms with Crippen molar-refractivity contribution in [2.45, 2.75) is 44.4 Å². The van der Waals surface area contributed by atoms with Crippen molar-refractivity contribution in [3.8, 4) is 0 Å². The smallest absolute Gasteiger partial charge is 0.381 e. The van der Waals surface area contributed by atoms with E-state index in [1.54, 1.807) is 12.1 Å². The third-order valence-corrected chi connectivity index (χ3v) is 3.68. The second-order valence-corrected chi connectivity index (χ2v) is 5.25. The van der Waals surface area contributed by atoms with Gasteiger partial charge in [-0.2, -0.15) is 13.2 Å². The van der Waals surface area contributed by atoms with Gasteiger partial charge in [-0.15, -0.1) is 0 Å². The molecule has 2 atom stereocenters. The van der Waals surface area contributed by atoms with Crippen LogP contribution >= 0.6 is 0 Å². The highest BCUT2D eigenvalue weighted by molar-refractivity contribution is 5.26. The molecule has 1 aromatic rings. The Hall–Kier alpha value is -1.07. The molecule has 1 aliphatic rings. The first kappa shape index (κ1) is 15.3. The van der Waals surface area contributed by atoms with Crippen LogP contribution in [0, 0.1) is 0 Å². The SMILES string of the molecule is CC(NC1CCCOCC1)c1ccc(C(F)(F)F)cc1. The lowest BCUT2D eigenvalue weighted by Crippen LogP contribution is -2.31. The lowest BCUT2D eigenvalue weighted by atomic mass is 10.0. The second-order valence-electron chi connectivity index (χ2n) is 5.25. The normalized spacial score (nSPS) is 22.3. The van der Waals surface area contributed by atoms with Crippen LogP contribution in [-0.2, 0) is 10.9 Å². The van der Waals surface area contributed by atoms with Crippen LogP contribution in [0.15, 0.2) is 24.3 Å². The van der Waals surface area contributed by atoms with Gasteiger partial charge >= 0.3 is 6.18 Å². The minimum Gasteiger partial charge on any atom is -0.381 e. The van der Waals surface area contributed by atoms with E-state index in [-0.39, 0.29) is 6.04 Å². The van der Waals surface area contributed by atoms with Gasteiger partial charge in [-0.25, -0.2) is 0 Å². The van der Waals surface area contributed by atoms with Gasteiger partial charge in [0.05, 0.1) is 5.56 Å². The zero-order valence-corrected chi connectivity index (χ0v) is 11.5. The van der Waals surface area contributed by atoms with E-state index < -0.39 is 11.7 Å². The fourth-order valence-electron chi connectivity index (χ4n) is 2.48. The molecule has 1 aromatic carbocycles. The Morgan fingerprint density at radius 1 is 1.15 bits per heavy atom. The molecule has 2 nitrogen and oxygen atoms in total. The molecule has 0 radical (unpaired) electrons. The van der Waals surface area contributed by atoms with Crippen molar-refractivity contribution in [1.29, 1.82) is 0 Å². The van der Waals surface area contributed by atoms with E-state index in [1.807, 2.05) is 6.92 Å². The van der Waals surface area contributed by atoms with Crippen LogP contribution in [0.2, 0.25) is 0 Å². The molecule has 1 saturated heterocycles. The van der Waals surface area contributed by atoms with Gasteiger partial charge in [0.15, 0.2) is 0 Å². The number of halogens is 3. The van der Waals surface area contributed by atoms with Crippen molar-refractivity contribution in [2.24, 2.45) is 0 Å². The zero-order valence-electron chi connectivity index (χ0n) is 11.5. The third kappa shape index (κ3) is 4.21. The molecule has 0 aliphatic carbocycles. The summed E-state index contributed by atoms with van der Waals surface area (Å²) in [6, 6.07) is 5.80. The van der Waals surface area contributed by atoms with Crippen LogP contribution in [-0.4, -0.2) is 19.3 Å². The van der Waals surface area contributed by atoms with Crippen LogP contribution in [0.3, 0.4) is 0 Å². The average Bonchev–Trinajstić information content (AvgIpc) is 2.66. The van der Waals surface area contributed by atoms with Gasteiger partial charge in [0.1, 0.15) is 0 Å². The molecule has 2 unspecified atom stereocenters. The number of rotatable bonds is 3. The Morgan fingerprint density at radius 3 is 2.50 bits per heavy atom. The maximum atomic E-state index is 12.5. The molecule has 0 bridgehead atoms. The first-order valence-corrected chi connectivity index (χ1v) is 6.98. The van der Waals surface area contributed by atoms with Gasteiger partial charge in [0.25, 0.3) is 0 Å². The summed E-state index contributed by atoms with van der Waals surface area (Å²) < 4.78 is 42.9. The molecule has 1 aliphatic heterocycles. The average molecular weight is 287 g/mol. The second kappa shape index (κ2) is 6.59. The Bertz CT molecular complexity index is 408. The Kier molecular flexibility index (Phi) is 5.05. The zero-order chi connectivity index (χ0) is 14.6. The van der Waals surface area contributed by atoms with Crippen molar-refractivity contribution in [2.75, 3.05) is 13.2 Å². The maximum Gasteiger partial charge on any atom is 0.416 e. The summed E-state index contributed by atoms with van der Waals surface area (Å²) >= 11 is 0. The van der Waals surface area contributed by atoms with E-state index in [9.17, 15) is 13.2 Å². The summed E-state index contributed by atoms with van der Waals surface area (Å²) in [4.78, 5) is 0. The lowest BCUT2D eigenvalue weighted by Gasteiger charge is -2.22. The van der Waals surface area contributed by atoms with Crippen molar-refractivity contribution in [1.82, 2.24) is 5.32 Å². The van der Waals surface area contributed by atoms with E-state index in [2.05, 4.69) is 5.32 Å². The molecule has 0 amide bonds. The highest BCUT2D eigenvalue weighted by atomic mass is 19.4. The largest absolute Gasteiger partial charge is 0.416 e. The molecule has 20 heavy (non-hydrogen) atoms. The molecule has 1 fully saturated rings. The van der Waals surface area contributed by atoms with E-state index in [0.717, 1.165) is 50.2 Å². The number of benzene rings is 1. The number of nitrogens with one attached hydrogen (secondary N) is 1. The summed E-state index contributed by atoms with van der Waals surface area (Å²) in [7, 11) is 0. The van der Waals surface area contributed by atoms with E-state index >= 15 is 0 Å². The number of hydrogen-bond donors (Lipinski definition) is 1. The maximum absolute atomic E-state index is 12.5. The van der Waals surface area contributed by atoms with Crippen LogP contribution < -0.4 is 5.32 Å². The van der Waals surface area contributed by atoms with Gasteiger partial charge in [0, 0.05) is 25.3 Å². The quantitative estimate of drug-likeness (QED) is 0.909. The van der Waals surface area contributed by atoms with Crippen LogP contribution in [0.4, 0.5) is 13.2 Å². The molecule has 1 heterocycles. The number of hydrogen-bond acceptors (Lipinski definition) is 2. The molecule has 112 valence electrons. The van der Waals surface area contributed by atoms with Gasteiger partial charge in [-0.1, -0.05) is 12.1 Å². The summed E-state index contributed by atoms with van der Waals surface area (Å²) in [5, 5.41) is 3.47. The highest BCUT2D eigenvalue weighted by Gasteiger charge is 2.30. The van der Waals surface area contributed by atoms with Gasteiger partial charge < -0.3 is 10.1 Å². The minimum atomic E-state index is -4.27. The van der Waals surface area contributed by atoms with Crippen LogP contribution in [0.5, 0.6) is 0 Å². The summed E-state index contributed by atoms with van der Waals surface area (Å²) in [5.41, 5.74) is 0.277. The van der Waals surface area contributed by atoms with Gasteiger partial charge in [-0.05, 0) is 43.9 Å². The number of ether oxygens (including phenoxy) is 1. The van der Waals surface area contributed by atoms with Gasteiger partial charge in [0.2, 0.25) is 0 Å². The van der Waals surface area contributed by atoms with E-state index in [1.165, 1.54) is 0 Å². The van der Waals surface area contributed by atoms with E-state index in [0.29, 0.717) is 6.04 Å². The van der Waals surface area contributed by atoms with Crippen molar-refractivity contribution in [3.63, 3.8) is 0 Å². The molecule has 0 aromatic heterocycles. The summed E-state index contributed by atoms with van der Waals surface area (Å²) in [6.45, 7) is 3.53. The van der Waals surface area contributed by atoms with E-state index in [4.69, 9.17) is 4.74 Å². The molecule has 5 heteroatoms. The molecule has 2 rings (SSSR count). The first-order valence-electron chi connectivity index (χ1n) is 6.98. The predicted molar refractivity (Wildman–Crippen MR) is 71.5 cm³/mol. The Balaban J connectivity index is 1.96. The summed E-state index contributed by atoms with van der Waals surface area (Å²) in [5.74, 6) is 0. The monoisotopic (exact) mass is 287 g/mol. The standard InChI is InChI=1S/C15H20F3NO/c1-11(19-14-3-2-9-20-10-8-14)12-4-6-13(7-5-12)15(16,17)18/h4-7,11,14,19H,2-3,8-10H2,1H3. The Morgan fingerprint density at radius 2 is 1.85 bits per heavy atom. The summed E-state index contributed by atoms with van der Waals surface area (Å²) in [6.07, 6.45) is -1.25. The fraction of sp³-hybridized carbons (Fsp3) is 0.600. The number of alkyl halides is 3. The van der Waals surface area contributed by atoms with Gasteiger partial charge in [-0.3, -0.25) is 0 Å². The molecular formula is C15H20F3NO. The lowest BCUT2D eigenvalue weighted by molar-refractivity contribution is -0.137. The topological polar surface area (TPSA) is 21.3 Å². The van der Waals surface area contributed by atoms with Crippen LogP contribution in [0.25, 0.3) is 0 Å². The third-order valence-electron chi connectivity index (χ3n) is 3.68. The van der Waals surface area contributed by atoms with Crippen molar-refractivity contribution >= 4 is 0 Å².